The van der Waals surface area contributed by atoms with Crippen molar-refractivity contribution < 1.29 is 18.0 Å². The van der Waals surface area contributed by atoms with Crippen LogP contribution in [0.4, 0.5) is 18.9 Å². The van der Waals surface area contributed by atoms with Gasteiger partial charge in [-0.3, -0.25) is 4.79 Å². The molecule has 0 atom stereocenters. The third kappa shape index (κ3) is 2.95. The predicted octanol–water partition coefficient (Wildman–Crippen LogP) is 3.29. The van der Waals surface area contributed by atoms with E-state index in [4.69, 9.17) is 5.26 Å². The second kappa shape index (κ2) is 5.30. The fourth-order valence-corrected chi connectivity index (χ4v) is 2.17. The van der Waals surface area contributed by atoms with Gasteiger partial charge in [-0.15, -0.1) is 11.3 Å². The number of hydrogen-bond acceptors (Lipinski definition) is 4. The summed E-state index contributed by atoms with van der Waals surface area (Å²) in [4.78, 5) is 14.5. The second-order valence-electron chi connectivity index (χ2n) is 3.67. The maximum atomic E-state index is 12.6. The third-order valence-electron chi connectivity index (χ3n) is 2.29. The molecule has 1 aromatic carbocycles. The third-order valence-corrected chi connectivity index (χ3v) is 3.12. The zero-order valence-electron chi connectivity index (χ0n) is 9.73. The van der Waals surface area contributed by atoms with Gasteiger partial charge in [0.05, 0.1) is 17.1 Å². The van der Waals surface area contributed by atoms with Crippen molar-refractivity contribution in [3.63, 3.8) is 0 Å². The Kier molecular flexibility index (Phi) is 3.72. The summed E-state index contributed by atoms with van der Waals surface area (Å²) in [5, 5.41) is 11.0. The number of anilines is 1. The highest BCUT2D eigenvalue weighted by atomic mass is 32.1. The van der Waals surface area contributed by atoms with Crippen LogP contribution in [0.3, 0.4) is 0 Å². The Hall–Kier alpha value is -2.40. The Morgan fingerprint density at radius 3 is 2.80 bits per heavy atom. The van der Waals surface area contributed by atoms with Crippen molar-refractivity contribution >= 4 is 22.9 Å². The van der Waals surface area contributed by atoms with Crippen LogP contribution in [0.5, 0.6) is 0 Å². The van der Waals surface area contributed by atoms with E-state index in [1.54, 1.807) is 0 Å². The molecule has 20 heavy (non-hydrogen) atoms. The topological polar surface area (TPSA) is 65.8 Å². The van der Waals surface area contributed by atoms with Gasteiger partial charge in [0, 0.05) is 5.69 Å². The lowest BCUT2D eigenvalue weighted by molar-refractivity contribution is -0.141. The van der Waals surface area contributed by atoms with Crippen LogP contribution < -0.4 is 5.32 Å². The number of hydrogen-bond donors (Lipinski definition) is 1. The molecule has 0 spiro atoms. The van der Waals surface area contributed by atoms with Gasteiger partial charge < -0.3 is 5.32 Å². The van der Waals surface area contributed by atoms with Crippen LogP contribution in [-0.2, 0) is 6.18 Å². The molecule has 0 bridgehead atoms. The summed E-state index contributed by atoms with van der Waals surface area (Å²) in [6, 6.07) is 7.75. The molecule has 8 heteroatoms. The van der Waals surface area contributed by atoms with Crippen LogP contribution in [-0.4, -0.2) is 10.9 Å². The standard InChI is InChI=1S/C12H6F3N3OS/c13-12(14,15)10-9(20-6-17-10)11(19)18-8-3-1-2-7(4-8)5-16/h1-4,6H,(H,18,19). The van der Waals surface area contributed by atoms with Crippen LogP contribution >= 0.6 is 11.3 Å². The summed E-state index contributed by atoms with van der Waals surface area (Å²) in [6.45, 7) is 0. The van der Waals surface area contributed by atoms with Crippen molar-refractivity contribution in [2.24, 2.45) is 0 Å². The van der Waals surface area contributed by atoms with E-state index in [-0.39, 0.29) is 5.69 Å². The molecule has 1 N–H and O–H groups in total. The maximum absolute atomic E-state index is 12.6. The lowest BCUT2D eigenvalue weighted by Crippen LogP contribution is -2.17. The van der Waals surface area contributed by atoms with E-state index in [0.717, 1.165) is 5.51 Å². The Balaban J connectivity index is 2.25. The van der Waals surface area contributed by atoms with Gasteiger partial charge in [-0.05, 0) is 18.2 Å². The minimum Gasteiger partial charge on any atom is -0.321 e. The Bertz CT molecular complexity index is 688. The lowest BCUT2D eigenvalue weighted by Gasteiger charge is -2.07. The minimum atomic E-state index is -4.68. The molecule has 0 fully saturated rings. The molecule has 0 radical (unpaired) electrons. The van der Waals surface area contributed by atoms with Gasteiger partial charge >= 0.3 is 6.18 Å². The van der Waals surface area contributed by atoms with Crippen molar-refractivity contribution in [3.05, 3.63) is 45.9 Å². The van der Waals surface area contributed by atoms with Crippen molar-refractivity contribution in [3.8, 4) is 6.07 Å². The van der Waals surface area contributed by atoms with Crippen molar-refractivity contribution in [2.45, 2.75) is 6.18 Å². The van der Waals surface area contributed by atoms with Gasteiger partial charge in [0.15, 0.2) is 5.69 Å². The van der Waals surface area contributed by atoms with Crippen LogP contribution in [0, 0.1) is 11.3 Å². The van der Waals surface area contributed by atoms with Crippen molar-refractivity contribution in [1.29, 1.82) is 5.26 Å². The van der Waals surface area contributed by atoms with Crippen molar-refractivity contribution in [2.75, 3.05) is 5.32 Å². The highest BCUT2D eigenvalue weighted by Gasteiger charge is 2.38. The lowest BCUT2D eigenvalue weighted by atomic mass is 10.2. The van der Waals surface area contributed by atoms with Crippen LogP contribution in [0.15, 0.2) is 29.8 Å². The molecule has 102 valence electrons. The van der Waals surface area contributed by atoms with Gasteiger partial charge in [-0.1, -0.05) is 6.07 Å². The van der Waals surface area contributed by atoms with E-state index in [9.17, 15) is 18.0 Å². The first-order valence-electron chi connectivity index (χ1n) is 5.24. The highest BCUT2D eigenvalue weighted by molar-refractivity contribution is 7.12. The minimum absolute atomic E-state index is 0.246. The molecule has 0 aliphatic carbocycles. The number of nitrogens with one attached hydrogen (secondary N) is 1. The molecule has 0 aliphatic heterocycles. The zero-order chi connectivity index (χ0) is 14.8. The van der Waals surface area contributed by atoms with Gasteiger partial charge in [0.25, 0.3) is 5.91 Å². The number of halogens is 3. The molecule has 0 saturated carbocycles. The van der Waals surface area contributed by atoms with Crippen LogP contribution in [0.25, 0.3) is 0 Å². The predicted molar refractivity (Wildman–Crippen MR) is 66.2 cm³/mol. The van der Waals surface area contributed by atoms with Gasteiger partial charge in [0.1, 0.15) is 4.88 Å². The Morgan fingerprint density at radius 2 is 2.15 bits per heavy atom. The first kappa shape index (κ1) is 14.0. The molecule has 0 unspecified atom stereocenters. The fraction of sp³-hybridized carbons (Fsp3) is 0.0833. The van der Waals surface area contributed by atoms with E-state index < -0.39 is 22.7 Å². The SMILES string of the molecule is N#Cc1cccc(NC(=O)c2scnc2C(F)(F)F)c1. The molecular formula is C12H6F3N3OS. The zero-order valence-corrected chi connectivity index (χ0v) is 10.5. The quantitative estimate of drug-likeness (QED) is 0.925. The van der Waals surface area contributed by atoms with E-state index in [0.29, 0.717) is 16.9 Å². The van der Waals surface area contributed by atoms with Crippen LogP contribution in [0.1, 0.15) is 20.9 Å². The summed E-state index contributed by atoms with van der Waals surface area (Å²) in [5.74, 6) is -0.907. The van der Waals surface area contributed by atoms with E-state index in [2.05, 4.69) is 10.3 Å². The number of amides is 1. The summed E-state index contributed by atoms with van der Waals surface area (Å²) in [5.41, 5.74) is 0.291. The molecule has 1 heterocycles. The normalized spacial score (nSPS) is 10.9. The van der Waals surface area contributed by atoms with Gasteiger partial charge in [-0.2, -0.15) is 18.4 Å². The summed E-state index contributed by atoms with van der Waals surface area (Å²) >= 11 is 0.606. The van der Waals surface area contributed by atoms with Gasteiger partial charge in [-0.25, -0.2) is 4.98 Å². The maximum Gasteiger partial charge on any atom is 0.434 e. The summed E-state index contributed by atoms with van der Waals surface area (Å²) in [7, 11) is 0. The molecule has 0 saturated heterocycles. The van der Waals surface area contributed by atoms with E-state index >= 15 is 0 Å². The number of benzene rings is 1. The average molecular weight is 297 g/mol. The molecular weight excluding hydrogens is 291 g/mol. The monoisotopic (exact) mass is 297 g/mol. The molecule has 2 aromatic rings. The molecule has 1 aromatic heterocycles. The second-order valence-corrected chi connectivity index (χ2v) is 4.53. The van der Waals surface area contributed by atoms with E-state index in [1.165, 1.54) is 24.3 Å². The molecule has 2 rings (SSSR count). The first-order chi connectivity index (χ1) is 9.41. The number of carbonyl (C=O) groups is 1. The number of nitrogens with zero attached hydrogens (tertiary/aromatic N) is 2. The summed E-state index contributed by atoms with van der Waals surface area (Å²) < 4.78 is 37.9. The van der Waals surface area contributed by atoms with Crippen molar-refractivity contribution in [1.82, 2.24) is 4.98 Å². The smallest absolute Gasteiger partial charge is 0.321 e. The number of carbonyl (C=O) groups excluding carboxylic acids is 1. The number of rotatable bonds is 2. The number of alkyl halides is 3. The molecule has 1 amide bonds. The molecule has 4 nitrogen and oxygen atoms in total. The Morgan fingerprint density at radius 1 is 1.40 bits per heavy atom. The number of nitriles is 1. The first-order valence-corrected chi connectivity index (χ1v) is 6.12. The van der Waals surface area contributed by atoms with E-state index in [1.807, 2.05) is 6.07 Å². The average Bonchev–Trinajstić information content (AvgIpc) is 2.88. The number of aromatic nitrogens is 1. The summed E-state index contributed by atoms with van der Waals surface area (Å²) in [6.07, 6.45) is -4.68. The van der Waals surface area contributed by atoms with Crippen LogP contribution in [0.2, 0.25) is 0 Å². The number of thiazole rings is 1. The largest absolute Gasteiger partial charge is 0.434 e. The Labute approximate surface area is 115 Å². The highest BCUT2D eigenvalue weighted by Crippen LogP contribution is 2.32. The van der Waals surface area contributed by atoms with Gasteiger partial charge in [0.2, 0.25) is 0 Å². The molecule has 0 aliphatic rings. The fourth-order valence-electron chi connectivity index (χ4n) is 1.46.